The van der Waals surface area contributed by atoms with Crippen LogP contribution in [-0.2, 0) is 4.74 Å². The van der Waals surface area contributed by atoms with Crippen LogP contribution in [0.4, 0.5) is 0 Å². The lowest BCUT2D eigenvalue weighted by Gasteiger charge is -2.24. The highest BCUT2D eigenvalue weighted by Crippen LogP contribution is 2.17. The zero-order valence-electron chi connectivity index (χ0n) is 8.26. The summed E-state index contributed by atoms with van der Waals surface area (Å²) in [5.74, 6) is 0.682. The molecule has 0 aliphatic carbocycles. The first-order chi connectivity index (χ1) is 5.52. The van der Waals surface area contributed by atoms with Gasteiger partial charge in [-0.2, -0.15) is 0 Å². The van der Waals surface area contributed by atoms with Gasteiger partial charge in [0.1, 0.15) is 11.4 Å². The Morgan fingerprint density at radius 2 is 2.08 bits per heavy atom. The molecule has 0 aromatic heterocycles. The monoisotopic (exact) mass is 166 g/mol. The molecule has 0 fully saturated rings. The Morgan fingerprint density at radius 3 is 2.50 bits per heavy atom. The van der Waals surface area contributed by atoms with Gasteiger partial charge in [0.15, 0.2) is 0 Å². The number of hydrogen-bond acceptors (Lipinski definition) is 1. The molecular weight excluding hydrogens is 148 g/mol. The summed E-state index contributed by atoms with van der Waals surface area (Å²) >= 11 is 0. The van der Waals surface area contributed by atoms with Gasteiger partial charge in [-0.15, -0.1) is 0 Å². The molecule has 0 N–H and O–H groups in total. The van der Waals surface area contributed by atoms with E-state index in [-0.39, 0.29) is 5.60 Å². The molecule has 0 spiro atoms. The average Bonchev–Trinajstić information content (AvgIpc) is 2.00. The van der Waals surface area contributed by atoms with Crippen LogP contribution in [0.25, 0.3) is 0 Å². The minimum Gasteiger partial charge on any atom is -0.489 e. The number of ether oxygens (including phenoxy) is 1. The molecule has 0 heterocycles. The SMILES string of the molecule is C=C/C=C\C(=C)OC(C)(C)CC. The lowest BCUT2D eigenvalue weighted by atomic mass is 10.1. The first-order valence-corrected chi connectivity index (χ1v) is 4.19. The van der Waals surface area contributed by atoms with Gasteiger partial charge in [0.25, 0.3) is 0 Å². The van der Waals surface area contributed by atoms with Gasteiger partial charge in [-0.25, -0.2) is 0 Å². The lowest BCUT2D eigenvalue weighted by Crippen LogP contribution is -2.21. The van der Waals surface area contributed by atoms with E-state index in [4.69, 9.17) is 4.74 Å². The predicted molar refractivity (Wildman–Crippen MR) is 53.9 cm³/mol. The van der Waals surface area contributed by atoms with E-state index in [9.17, 15) is 0 Å². The van der Waals surface area contributed by atoms with Crippen LogP contribution in [0, 0.1) is 0 Å². The van der Waals surface area contributed by atoms with Crippen molar-refractivity contribution < 1.29 is 4.74 Å². The molecule has 0 bridgehead atoms. The van der Waals surface area contributed by atoms with Gasteiger partial charge in [-0.1, -0.05) is 32.2 Å². The summed E-state index contributed by atoms with van der Waals surface area (Å²) in [5, 5.41) is 0. The van der Waals surface area contributed by atoms with Gasteiger partial charge in [-0.05, 0) is 26.3 Å². The second-order valence-electron chi connectivity index (χ2n) is 3.28. The Morgan fingerprint density at radius 1 is 1.50 bits per heavy atom. The number of hydrogen-bond donors (Lipinski definition) is 0. The van der Waals surface area contributed by atoms with Gasteiger partial charge < -0.3 is 4.74 Å². The van der Waals surface area contributed by atoms with Crippen molar-refractivity contribution in [1.82, 2.24) is 0 Å². The second kappa shape index (κ2) is 4.81. The fourth-order valence-electron chi connectivity index (χ4n) is 0.636. The maximum absolute atomic E-state index is 5.56. The fourth-order valence-corrected chi connectivity index (χ4v) is 0.636. The van der Waals surface area contributed by atoms with Crippen molar-refractivity contribution in [1.29, 1.82) is 0 Å². The third-order valence-electron chi connectivity index (χ3n) is 1.68. The summed E-state index contributed by atoms with van der Waals surface area (Å²) in [6, 6.07) is 0. The first-order valence-electron chi connectivity index (χ1n) is 4.19. The van der Waals surface area contributed by atoms with E-state index in [1.165, 1.54) is 0 Å². The van der Waals surface area contributed by atoms with Crippen molar-refractivity contribution in [3.05, 3.63) is 37.1 Å². The normalized spacial score (nSPS) is 11.6. The van der Waals surface area contributed by atoms with E-state index in [1.54, 1.807) is 6.08 Å². The third kappa shape index (κ3) is 4.78. The minimum absolute atomic E-state index is 0.122. The fraction of sp³-hybridized carbons (Fsp3) is 0.455. The molecule has 1 heteroatoms. The quantitative estimate of drug-likeness (QED) is 0.449. The summed E-state index contributed by atoms with van der Waals surface area (Å²) in [7, 11) is 0. The third-order valence-corrected chi connectivity index (χ3v) is 1.68. The average molecular weight is 166 g/mol. The molecule has 0 rings (SSSR count). The van der Waals surface area contributed by atoms with Crippen LogP contribution in [0.3, 0.4) is 0 Å². The van der Waals surface area contributed by atoms with E-state index >= 15 is 0 Å². The standard InChI is InChI=1S/C11H18O/c1-6-8-9-10(3)12-11(4,5)7-2/h6,8-9H,1,3,7H2,2,4-5H3/b9-8-. The molecule has 0 amide bonds. The van der Waals surface area contributed by atoms with Crippen LogP contribution >= 0.6 is 0 Å². The van der Waals surface area contributed by atoms with Crippen LogP contribution in [0.2, 0.25) is 0 Å². The van der Waals surface area contributed by atoms with Crippen LogP contribution in [0.15, 0.2) is 37.1 Å². The van der Waals surface area contributed by atoms with Crippen LogP contribution in [0.5, 0.6) is 0 Å². The van der Waals surface area contributed by atoms with Crippen molar-refractivity contribution in [3.63, 3.8) is 0 Å². The molecule has 0 aromatic rings. The molecule has 0 aliphatic heterocycles. The molecule has 0 atom stereocenters. The van der Waals surface area contributed by atoms with Gasteiger partial charge in [0.2, 0.25) is 0 Å². The first kappa shape index (κ1) is 11.0. The van der Waals surface area contributed by atoms with Crippen molar-refractivity contribution in [3.8, 4) is 0 Å². The van der Waals surface area contributed by atoms with Gasteiger partial charge >= 0.3 is 0 Å². The highest BCUT2D eigenvalue weighted by molar-refractivity contribution is 5.13. The zero-order valence-corrected chi connectivity index (χ0v) is 8.26. The summed E-state index contributed by atoms with van der Waals surface area (Å²) in [6.07, 6.45) is 6.29. The van der Waals surface area contributed by atoms with Crippen molar-refractivity contribution >= 4 is 0 Å². The van der Waals surface area contributed by atoms with E-state index < -0.39 is 0 Å². The highest BCUT2D eigenvalue weighted by atomic mass is 16.5. The summed E-state index contributed by atoms with van der Waals surface area (Å²) in [6.45, 7) is 13.5. The van der Waals surface area contributed by atoms with E-state index in [0.717, 1.165) is 6.42 Å². The number of rotatable bonds is 5. The summed E-state index contributed by atoms with van der Waals surface area (Å²) in [4.78, 5) is 0. The lowest BCUT2D eigenvalue weighted by molar-refractivity contribution is 0.0396. The summed E-state index contributed by atoms with van der Waals surface area (Å²) < 4.78 is 5.56. The largest absolute Gasteiger partial charge is 0.489 e. The molecule has 0 aliphatic rings. The van der Waals surface area contributed by atoms with Crippen molar-refractivity contribution in [2.24, 2.45) is 0 Å². The van der Waals surface area contributed by atoms with Gasteiger partial charge in [-0.3, -0.25) is 0 Å². The van der Waals surface area contributed by atoms with E-state index in [2.05, 4.69) is 20.1 Å². The topological polar surface area (TPSA) is 9.23 Å². The maximum atomic E-state index is 5.56. The van der Waals surface area contributed by atoms with Gasteiger partial charge in [0, 0.05) is 0 Å². The summed E-state index contributed by atoms with van der Waals surface area (Å²) in [5.41, 5.74) is -0.122. The van der Waals surface area contributed by atoms with Crippen LogP contribution < -0.4 is 0 Å². The molecular formula is C11H18O. The minimum atomic E-state index is -0.122. The Hall–Kier alpha value is -0.980. The molecule has 1 nitrogen and oxygen atoms in total. The molecule has 0 saturated heterocycles. The van der Waals surface area contributed by atoms with Gasteiger partial charge in [0.05, 0.1) is 0 Å². The smallest absolute Gasteiger partial charge is 0.112 e. The van der Waals surface area contributed by atoms with Crippen molar-refractivity contribution in [2.75, 3.05) is 0 Å². The Bertz CT molecular complexity index is 187. The van der Waals surface area contributed by atoms with E-state index in [0.29, 0.717) is 5.76 Å². The second-order valence-corrected chi connectivity index (χ2v) is 3.28. The molecule has 12 heavy (non-hydrogen) atoms. The maximum Gasteiger partial charge on any atom is 0.112 e. The number of allylic oxidation sites excluding steroid dienone is 3. The van der Waals surface area contributed by atoms with Crippen molar-refractivity contribution in [2.45, 2.75) is 32.8 Å². The Kier molecular flexibility index (Phi) is 4.42. The highest BCUT2D eigenvalue weighted by Gasteiger charge is 2.15. The van der Waals surface area contributed by atoms with E-state index in [1.807, 2.05) is 26.0 Å². The molecule has 0 radical (unpaired) electrons. The Labute approximate surface area is 75.4 Å². The molecule has 68 valence electrons. The molecule has 0 aromatic carbocycles. The Balaban J connectivity index is 4.00. The van der Waals surface area contributed by atoms with Crippen LogP contribution in [0.1, 0.15) is 27.2 Å². The predicted octanol–water partition coefficient (Wildman–Crippen LogP) is 3.45. The molecule has 0 unspecified atom stereocenters. The zero-order chi connectivity index (χ0) is 9.61. The van der Waals surface area contributed by atoms with Crippen LogP contribution in [-0.4, -0.2) is 5.60 Å². The molecule has 0 saturated carbocycles.